The van der Waals surface area contributed by atoms with Gasteiger partial charge in [0.1, 0.15) is 0 Å². The van der Waals surface area contributed by atoms with E-state index in [1.807, 2.05) is 31.4 Å². The maximum absolute atomic E-state index is 13.1. The lowest BCUT2D eigenvalue weighted by molar-refractivity contribution is -0.130. The molecule has 0 aliphatic carbocycles. The number of rotatable bonds is 6. The predicted molar refractivity (Wildman–Crippen MR) is 121 cm³/mol. The zero-order chi connectivity index (χ0) is 21.1. The number of benzene rings is 1. The quantitative estimate of drug-likeness (QED) is 0.463. The Morgan fingerprint density at radius 2 is 2.10 bits per heavy atom. The molecule has 2 aromatic heterocycles. The van der Waals surface area contributed by atoms with Gasteiger partial charge in [-0.15, -0.1) is 11.3 Å². The van der Waals surface area contributed by atoms with Crippen LogP contribution in [0.1, 0.15) is 41.1 Å². The van der Waals surface area contributed by atoms with Gasteiger partial charge in [0.2, 0.25) is 0 Å². The Labute approximate surface area is 183 Å². The van der Waals surface area contributed by atoms with Crippen molar-refractivity contribution in [2.45, 2.75) is 37.9 Å². The number of hydrogen-bond donors (Lipinski definition) is 1. The lowest BCUT2D eigenvalue weighted by Gasteiger charge is -2.22. The van der Waals surface area contributed by atoms with E-state index in [4.69, 9.17) is 0 Å². The molecule has 0 radical (unpaired) electrons. The summed E-state index contributed by atoms with van der Waals surface area (Å²) in [5.74, 6) is 0.0429. The summed E-state index contributed by atoms with van der Waals surface area (Å²) in [5.41, 5.74) is 3.68. The number of hydrazone groups is 1. The zero-order valence-corrected chi connectivity index (χ0v) is 18.4. The number of amides is 1. The van der Waals surface area contributed by atoms with E-state index in [-0.39, 0.29) is 23.3 Å². The standard InChI is InChI=1S/C22H22N4O2S2/c1-3-16-11-20(27)24-22(23-16)30-13-21(28)26-18(15-8-6-14(2)7-9-15)12-17(25-26)19-5-4-10-29-19/h4-11,18H,3,12-13H2,1-2H3,(H,23,24,27)/t18-/m0/s1. The maximum Gasteiger partial charge on any atom is 0.253 e. The number of thioether (sulfide) groups is 1. The Balaban J connectivity index is 1.56. The summed E-state index contributed by atoms with van der Waals surface area (Å²) < 4.78 is 0. The third kappa shape index (κ3) is 4.55. The summed E-state index contributed by atoms with van der Waals surface area (Å²) in [4.78, 5) is 33.1. The van der Waals surface area contributed by atoms with Gasteiger partial charge in [0, 0.05) is 18.2 Å². The molecular weight excluding hydrogens is 416 g/mol. The third-order valence-electron chi connectivity index (χ3n) is 4.90. The Hall–Kier alpha value is -2.71. The van der Waals surface area contributed by atoms with E-state index in [0.29, 0.717) is 23.7 Å². The molecule has 1 aliphatic heterocycles. The van der Waals surface area contributed by atoms with Gasteiger partial charge >= 0.3 is 0 Å². The first-order chi connectivity index (χ1) is 14.5. The highest BCUT2D eigenvalue weighted by atomic mass is 32.2. The van der Waals surface area contributed by atoms with Crippen LogP contribution in [0.5, 0.6) is 0 Å². The summed E-state index contributed by atoms with van der Waals surface area (Å²) >= 11 is 2.86. The molecule has 4 rings (SSSR count). The summed E-state index contributed by atoms with van der Waals surface area (Å²) in [6.07, 6.45) is 1.35. The Morgan fingerprint density at radius 1 is 1.30 bits per heavy atom. The number of H-pyrrole nitrogens is 1. The van der Waals surface area contributed by atoms with Crippen LogP contribution in [0.2, 0.25) is 0 Å². The number of carbonyl (C=O) groups excluding carboxylic acids is 1. The van der Waals surface area contributed by atoms with Crippen LogP contribution < -0.4 is 5.56 Å². The number of thiophene rings is 1. The molecule has 1 amide bonds. The summed E-state index contributed by atoms with van der Waals surface area (Å²) in [7, 11) is 0. The van der Waals surface area contributed by atoms with Crippen LogP contribution >= 0.6 is 23.1 Å². The molecule has 154 valence electrons. The Kier molecular flexibility index (Phi) is 6.15. The van der Waals surface area contributed by atoms with Crippen molar-refractivity contribution in [3.05, 3.63) is 79.9 Å². The molecule has 6 nitrogen and oxygen atoms in total. The molecule has 1 N–H and O–H groups in total. The molecule has 8 heteroatoms. The van der Waals surface area contributed by atoms with Crippen LogP contribution in [-0.2, 0) is 11.2 Å². The number of hydrogen-bond acceptors (Lipinski definition) is 6. The minimum Gasteiger partial charge on any atom is -0.301 e. The van der Waals surface area contributed by atoms with Crippen LogP contribution in [0.3, 0.4) is 0 Å². The van der Waals surface area contributed by atoms with Gasteiger partial charge in [0.05, 0.1) is 22.4 Å². The van der Waals surface area contributed by atoms with Crippen molar-refractivity contribution in [2.24, 2.45) is 5.10 Å². The average Bonchev–Trinajstić information content (AvgIpc) is 3.42. The molecule has 0 spiro atoms. The minimum absolute atomic E-state index is 0.110. The number of nitrogens with one attached hydrogen (secondary N) is 1. The van der Waals surface area contributed by atoms with Crippen molar-refractivity contribution < 1.29 is 4.79 Å². The maximum atomic E-state index is 13.1. The van der Waals surface area contributed by atoms with Gasteiger partial charge in [0.15, 0.2) is 5.16 Å². The molecule has 3 heterocycles. The van der Waals surface area contributed by atoms with Crippen LogP contribution in [0.15, 0.2) is 62.9 Å². The topological polar surface area (TPSA) is 78.4 Å². The lowest BCUT2D eigenvalue weighted by Crippen LogP contribution is -2.28. The average molecular weight is 439 g/mol. The number of nitrogens with zero attached hydrogens (tertiary/aromatic N) is 3. The first-order valence-corrected chi connectivity index (χ1v) is 11.6. The van der Waals surface area contributed by atoms with E-state index in [0.717, 1.165) is 16.2 Å². The molecule has 1 atom stereocenters. The second kappa shape index (κ2) is 8.97. The van der Waals surface area contributed by atoms with E-state index in [1.54, 1.807) is 16.3 Å². The smallest absolute Gasteiger partial charge is 0.253 e. The summed E-state index contributed by atoms with van der Waals surface area (Å²) in [5, 5.41) is 8.75. The molecule has 3 aromatic rings. The Bertz CT molecular complexity index is 1120. The monoisotopic (exact) mass is 438 g/mol. The fourth-order valence-electron chi connectivity index (χ4n) is 3.31. The van der Waals surface area contributed by atoms with Gasteiger partial charge in [0.25, 0.3) is 11.5 Å². The van der Waals surface area contributed by atoms with E-state index in [2.05, 4.69) is 39.3 Å². The highest BCUT2D eigenvalue weighted by molar-refractivity contribution is 7.99. The van der Waals surface area contributed by atoms with Crippen LogP contribution in [0.4, 0.5) is 0 Å². The number of aromatic nitrogens is 2. The van der Waals surface area contributed by atoms with E-state index in [9.17, 15) is 9.59 Å². The molecule has 1 aromatic carbocycles. The molecular formula is C22H22N4O2S2. The summed E-state index contributed by atoms with van der Waals surface area (Å²) in [6, 6.07) is 13.6. The highest BCUT2D eigenvalue weighted by Crippen LogP contribution is 2.34. The molecule has 0 saturated carbocycles. The van der Waals surface area contributed by atoms with Crippen molar-refractivity contribution in [2.75, 3.05) is 5.75 Å². The normalized spacial score (nSPS) is 16.0. The fraction of sp³-hybridized carbons (Fsp3) is 0.273. The zero-order valence-electron chi connectivity index (χ0n) is 16.8. The molecule has 0 fully saturated rings. The number of carbonyl (C=O) groups is 1. The predicted octanol–water partition coefficient (Wildman–Crippen LogP) is 4.17. The third-order valence-corrected chi connectivity index (χ3v) is 6.68. The second-order valence-corrected chi connectivity index (χ2v) is 8.99. The van der Waals surface area contributed by atoms with Crippen molar-refractivity contribution >= 4 is 34.7 Å². The first kappa shape index (κ1) is 20.6. The van der Waals surface area contributed by atoms with Crippen molar-refractivity contribution in [1.82, 2.24) is 15.0 Å². The number of aryl methyl sites for hydroxylation is 2. The van der Waals surface area contributed by atoms with Crippen molar-refractivity contribution in [1.29, 1.82) is 0 Å². The van der Waals surface area contributed by atoms with Gasteiger partial charge in [-0.2, -0.15) is 5.10 Å². The van der Waals surface area contributed by atoms with Gasteiger partial charge in [-0.05, 0) is 30.4 Å². The van der Waals surface area contributed by atoms with Crippen LogP contribution in [0, 0.1) is 6.92 Å². The second-order valence-electron chi connectivity index (χ2n) is 7.08. The van der Waals surface area contributed by atoms with Gasteiger partial charge < -0.3 is 4.98 Å². The van der Waals surface area contributed by atoms with Crippen LogP contribution in [-0.4, -0.2) is 32.3 Å². The molecule has 0 unspecified atom stereocenters. The largest absolute Gasteiger partial charge is 0.301 e. The van der Waals surface area contributed by atoms with E-state index < -0.39 is 0 Å². The SMILES string of the molecule is CCc1cc(=O)[nH]c(SCC(=O)N2N=C(c3cccs3)C[C@H]2c2ccc(C)cc2)n1. The highest BCUT2D eigenvalue weighted by Gasteiger charge is 2.33. The van der Waals surface area contributed by atoms with Gasteiger partial charge in [-0.3, -0.25) is 9.59 Å². The lowest BCUT2D eigenvalue weighted by atomic mass is 10.00. The van der Waals surface area contributed by atoms with Crippen LogP contribution in [0.25, 0.3) is 0 Å². The molecule has 30 heavy (non-hydrogen) atoms. The van der Waals surface area contributed by atoms with Crippen molar-refractivity contribution in [3.63, 3.8) is 0 Å². The fourth-order valence-corrected chi connectivity index (χ4v) is 4.78. The van der Waals surface area contributed by atoms with Gasteiger partial charge in [-0.25, -0.2) is 9.99 Å². The molecule has 0 bridgehead atoms. The van der Waals surface area contributed by atoms with Gasteiger partial charge in [-0.1, -0.05) is 54.6 Å². The van der Waals surface area contributed by atoms with E-state index >= 15 is 0 Å². The summed E-state index contributed by atoms with van der Waals surface area (Å²) in [6.45, 7) is 3.99. The minimum atomic E-state index is -0.200. The number of aromatic amines is 1. The first-order valence-electron chi connectivity index (χ1n) is 9.76. The van der Waals surface area contributed by atoms with Crippen molar-refractivity contribution in [3.8, 4) is 0 Å². The molecule has 0 saturated heterocycles. The molecule has 1 aliphatic rings. The van der Waals surface area contributed by atoms with E-state index in [1.165, 1.54) is 23.4 Å². The Morgan fingerprint density at radius 3 is 2.80 bits per heavy atom.